The molecule has 0 fully saturated rings. The average molecular weight is 444 g/mol. The summed E-state index contributed by atoms with van der Waals surface area (Å²) in [5, 5.41) is 21.9. The summed E-state index contributed by atoms with van der Waals surface area (Å²) in [6.45, 7) is 9.17. The number of hydrogen-bond donors (Lipinski definition) is 2. The van der Waals surface area contributed by atoms with Gasteiger partial charge in [-0.05, 0) is 36.8 Å². The molecule has 0 aliphatic rings. The second-order valence-corrected chi connectivity index (χ2v) is 7.33. The number of benzene rings is 2. The van der Waals surface area contributed by atoms with Crippen molar-refractivity contribution in [2.45, 2.75) is 26.1 Å². The van der Waals surface area contributed by atoms with Crippen LogP contribution in [0.2, 0.25) is 0 Å². The molecule has 2 atom stereocenters. The molecule has 32 heavy (non-hydrogen) atoms. The third-order valence-corrected chi connectivity index (χ3v) is 4.19. The lowest BCUT2D eigenvalue weighted by atomic mass is 10.1. The van der Waals surface area contributed by atoms with Crippen LogP contribution < -0.4 is 9.47 Å². The number of aliphatic hydroxyl groups excluding tert-OH is 2. The highest BCUT2D eigenvalue weighted by Crippen LogP contribution is 2.33. The highest BCUT2D eigenvalue weighted by Gasteiger charge is 2.15. The van der Waals surface area contributed by atoms with Crippen molar-refractivity contribution < 1.29 is 38.7 Å². The summed E-state index contributed by atoms with van der Waals surface area (Å²) in [6.07, 6.45) is -2.13. The van der Waals surface area contributed by atoms with Crippen LogP contribution in [0.15, 0.2) is 60.7 Å². The van der Waals surface area contributed by atoms with E-state index in [9.17, 15) is 19.8 Å². The van der Waals surface area contributed by atoms with Gasteiger partial charge < -0.3 is 29.2 Å². The topological polar surface area (TPSA) is 112 Å². The van der Waals surface area contributed by atoms with Crippen molar-refractivity contribution in [1.82, 2.24) is 0 Å². The molecule has 0 radical (unpaired) electrons. The lowest BCUT2D eigenvalue weighted by Gasteiger charge is -2.18. The number of esters is 2. The fourth-order valence-electron chi connectivity index (χ4n) is 2.48. The van der Waals surface area contributed by atoms with Crippen LogP contribution in [0.5, 0.6) is 11.5 Å². The Hall–Kier alpha value is -3.36. The van der Waals surface area contributed by atoms with Gasteiger partial charge >= 0.3 is 11.9 Å². The van der Waals surface area contributed by atoms with Gasteiger partial charge in [-0.25, -0.2) is 9.59 Å². The van der Waals surface area contributed by atoms with Crippen LogP contribution in [-0.2, 0) is 19.1 Å². The number of fused-ring (bicyclic) bond motifs is 1. The van der Waals surface area contributed by atoms with Gasteiger partial charge in [-0.2, -0.15) is 0 Å². The first-order valence-corrected chi connectivity index (χ1v) is 9.97. The van der Waals surface area contributed by atoms with Gasteiger partial charge in [0.1, 0.15) is 38.6 Å². The summed E-state index contributed by atoms with van der Waals surface area (Å²) in [7, 11) is 0. The number of rotatable bonds is 12. The molecule has 2 N–H and O–H groups in total. The van der Waals surface area contributed by atoms with E-state index in [1.807, 2.05) is 24.3 Å². The van der Waals surface area contributed by atoms with Gasteiger partial charge in [0.2, 0.25) is 0 Å². The standard InChI is InChI=1S/C24H28O8/c1-15(2)23(27)31-13-19(25)11-29-21-9-17-7-5-6-8-18(17)10-22(21)30-12-20(26)14-32-24(28)16(3)4/h5-10,19-20,25-26H,1,3,11-14H2,2,4H3. The number of carbonyl (C=O) groups is 2. The van der Waals surface area contributed by atoms with Gasteiger partial charge in [0.15, 0.2) is 11.5 Å². The molecule has 0 saturated carbocycles. The van der Waals surface area contributed by atoms with E-state index in [-0.39, 0.29) is 37.6 Å². The van der Waals surface area contributed by atoms with Crippen LogP contribution in [0.3, 0.4) is 0 Å². The maximum absolute atomic E-state index is 11.5. The second kappa shape index (κ2) is 11.9. The van der Waals surface area contributed by atoms with E-state index in [4.69, 9.17) is 18.9 Å². The zero-order valence-corrected chi connectivity index (χ0v) is 18.2. The van der Waals surface area contributed by atoms with Gasteiger partial charge in [0, 0.05) is 11.1 Å². The maximum atomic E-state index is 11.5. The monoisotopic (exact) mass is 444 g/mol. The zero-order chi connectivity index (χ0) is 23.7. The molecule has 2 aromatic rings. The molecule has 0 aliphatic carbocycles. The average Bonchev–Trinajstić information content (AvgIpc) is 2.77. The summed E-state index contributed by atoms with van der Waals surface area (Å²) in [4.78, 5) is 22.9. The quantitative estimate of drug-likeness (QED) is 0.380. The van der Waals surface area contributed by atoms with Crippen molar-refractivity contribution >= 4 is 22.7 Å². The third kappa shape index (κ3) is 7.72. The fraction of sp³-hybridized carbons (Fsp3) is 0.333. The maximum Gasteiger partial charge on any atom is 0.333 e. The van der Waals surface area contributed by atoms with E-state index < -0.39 is 24.1 Å². The van der Waals surface area contributed by atoms with Crippen LogP contribution in [0.4, 0.5) is 0 Å². The van der Waals surface area contributed by atoms with E-state index in [0.717, 1.165) is 10.8 Å². The molecule has 0 saturated heterocycles. The highest BCUT2D eigenvalue weighted by atomic mass is 16.6. The molecule has 0 aromatic heterocycles. The molecule has 8 heteroatoms. The Morgan fingerprint density at radius 3 is 1.50 bits per heavy atom. The first-order valence-electron chi connectivity index (χ1n) is 9.97. The third-order valence-electron chi connectivity index (χ3n) is 4.19. The van der Waals surface area contributed by atoms with Crippen molar-refractivity contribution in [3.8, 4) is 11.5 Å². The first-order chi connectivity index (χ1) is 15.2. The van der Waals surface area contributed by atoms with E-state index in [1.54, 1.807) is 12.1 Å². The zero-order valence-electron chi connectivity index (χ0n) is 18.2. The van der Waals surface area contributed by atoms with E-state index in [1.165, 1.54) is 13.8 Å². The molecular weight excluding hydrogens is 416 g/mol. The number of hydrogen-bond acceptors (Lipinski definition) is 8. The molecule has 0 bridgehead atoms. The van der Waals surface area contributed by atoms with Crippen LogP contribution in [0, 0.1) is 0 Å². The number of aliphatic hydroxyl groups is 2. The molecule has 0 aliphatic heterocycles. The number of carbonyl (C=O) groups excluding carboxylic acids is 2. The predicted molar refractivity (Wildman–Crippen MR) is 118 cm³/mol. The fourth-order valence-corrected chi connectivity index (χ4v) is 2.48. The van der Waals surface area contributed by atoms with Gasteiger partial charge in [-0.1, -0.05) is 37.4 Å². The molecular formula is C24H28O8. The Bertz CT molecular complexity index is 903. The van der Waals surface area contributed by atoms with Crippen molar-refractivity contribution in [1.29, 1.82) is 0 Å². The summed E-state index contributed by atoms with van der Waals surface area (Å²) in [5.74, 6) is -0.527. The van der Waals surface area contributed by atoms with Crippen LogP contribution >= 0.6 is 0 Å². The van der Waals surface area contributed by atoms with E-state index >= 15 is 0 Å². The lowest BCUT2D eigenvalue weighted by molar-refractivity contribution is -0.143. The van der Waals surface area contributed by atoms with Gasteiger partial charge in [0.25, 0.3) is 0 Å². The van der Waals surface area contributed by atoms with Crippen molar-refractivity contribution in [3.05, 3.63) is 60.7 Å². The Morgan fingerprint density at radius 1 is 0.781 bits per heavy atom. The molecule has 2 unspecified atom stereocenters. The van der Waals surface area contributed by atoms with E-state index in [0.29, 0.717) is 11.5 Å². The molecule has 2 aromatic carbocycles. The highest BCUT2D eigenvalue weighted by molar-refractivity contribution is 5.87. The minimum Gasteiger partial charge on any atom is -0.487 e. The summed E-state index contributed by atoms with van der Waals surface area (Å²) < 4.78 is 21.2. The first kappa shape index (κ1) is 24.9. The lowest BCUT2D eigenvalue weighted by Crippen LogP contribution is -2.26. The Balaban J connectivity index is 2.03. The van der Waals surface area contributed by atoms with Crippen molar-refractivity contribution in [3.63, 3.8) is 0 Å². The van der Waals surface area contributed by atoms with Crippen LogP contribution in [0.1, 0.15) is 13.8 Å². The largest absolute Gasteiger partial charge is 0.487 e. The molecule has 0 heterocycles. The minimum atomic E-state index is -1.07. The molecule has 0 spiro atoms. The smallest absolute Gasteiger partial charge is 0.333 e. The summed E-state index contributed by atoms with van der Waals surface area (Å²) >= 11 is 0. The van der Waals surface area contributed by atoms with Gasteiger partial charge in [-0.15, -0.1) is 0 Å². The van der Waals surface area contributed by atoms with Crippen LogP contribution in [-0.4, -0.2) is 60.8 Å². The Kier molecular flexibility index (Phi) is 9.24. The molecule has 2 rings (SSSR count). The van der Waals surface area contributed by atoms with Crippen LogP contribution in [0.25, 0.3) is 10.8 Å². The van der Waals surface area contributed by atoms with Crippen molar-refractivity contribution in [2.75, 3.05) is 26.4 Å². The number of ether oxygens (including phenoxy) is 4. The minimum absolute atomic E-state index is 0.156. The second-order valence-electron chi connectivity index (χ2n) is 7.33. The predicted octanol–water partition coefficient (Wildman–Crippen LogP) is 2.56. The molecule has 8 nitrogen and oxygen atoms in total. The Labute approximate surface area is 186 Å². The SMILES string of the molecule is C=C(C)C(=O)OCC(O)COc1cc2ccccc2cc1OCC(O)COC(=O)C(=C)C. The van der Waals surface area contributed by atoms with Gasteiger partial charge in [0.05, 0.1) is 0 Å². The summed E-state index contributed by atoms with van der Waals surface area (Å²) in [6, 6.07) is 11.0. The molecule has 172 valence electrons. The van der Waals surface area contributed by atoms with Gasteiger partial charge in [-0.3, -0.25) is 0 Å². The normalized spacial score (nSPS) is 12.5. The molecule has 0 amide bonds. The summed E-state index contributed by atoms with van der Waals surface area (Å²) in [5.41, 5.74) is 0.464. The van der Waals surface area contributed by atoms with E-state index in [2.05, 4.69) is 13.2 Å². The van der Waals surface area contributed by atoms with Crippen molar-refractivity contribution in [2.24, 2.45) is 0 Å². The Morgan fingerprint density at radius 2 is 1.16 bits per heavy atom.